The van der Waals surface area contributed by atoms with Crippen molar-refractivity contribution in [1.29, 1.82) is 0 Å². The largest absolute Gasteiger partial charge is 0.454 e. The molecular weight excluding hydrogens is 265 g/mol. The van der Waals surface area contributed by atoms with Gasteiger partial charge in [0, 0.05) is 11.5 Å². The Kier molecular flexibility index (Phi) is 3.68. The van der Waals surface area contributed by atoms with Crippen LogP contribution in [-0.2, 0) is 5.33 Å². The predicted molar refractivity (Wildman–Crippen MR) is 46.2 cm³/mol. The maximum atomic E-state index is 11.7. The standard InChI is InChI=1S/C7H6BrF3N2O/c8-3-5-1-2-12-6(13-5)14-4-7(9,10)11/h1-2H,3-4H2. The Labute approximate surface area is 86.4 Å². The highest BCUT2D eigenvalue weighted by Crippen LogP contribution is 2.16. The van der Waals surface area contributed by atoms with Crippen molar-refractivity contribution in [3.05, 3.63) is 18.0 Å². The highest BCUT2D eigenvalue weighted by atomic mass is 79.9. The lowest BCUT2D eigenvalue weighted by Gasteiger charge is -2.07. The van der Waals surface area contributed by atoms with E-state index in [0.717, 1.165) is 0 Å². The first-order chi connectivity index (χ1) is 6.51. The molecule has 0 aliphatic rings. The molecule has 1 heterocycles. The van der Waals surface area contributed by atoms with Crippen LogP contribution >= 0.6 is 15.9 Å². The van der Waals surface area contributed by atoms with E-state index in [2.05, 4.69) is 30.6 Å². The molecule has 0 spiro atoms. The van der Waals surface area contributed by atoms with Crippen molar-refractivity contribution in [2.24, 2.45) is 0 Å². The second kappa shape index (κ2) is 4.59. The first kappa shape index (κ1) is 11.2. The third-order valence-electron chi connectivity index (χ3n) is 1.19. The Balaban J connectivity index is 2.59. The number of alkyl halides is 4. The van der Waals surface area contributed by atoms with E-state index < -0.39 is 12.8 Å². The summed E-state index contributed by atoms with van der Waals surface area (Å²) in [7, 11) is 0. The Morgan fingerprint density at radius 3 is 2.71 bits per heavy atom. The summed E-state index contributed by atoms with van der Waals surface area (Å²) < 4.78 is 39.5. The number of aromatic nitrogens is 2. The molecule has 3 nitrogen and oxygen atoms in total. The maximum Gasteiger partial charge on any atom is 0.422 e. The normalized spacial score (nSPS) is 11.4. The third-order valence-corrected chi connectivity index (χ3v) is 1.77. The fraction of sp³-hybridized carbons (Fsp3) is 0.429. The monoisotopic (exact) mass is 270 g/mol. The average Bonchev–Trinajstić information content (AvgIpc) is 2.14. The number of ether oxygens (including phenoxy) is 1. The van der Waals surface area contributed by atoms with Crippen LogP contribution in [0.25, 0.3) is 0 Å². The zero-order valence-electron chi connectivity index (χ0n) is 6.88. The van der Waals surface area contributed by atoms with Crippen molar-refractivity contribution in [2.75, 3.05) is 6.61 Å². The first-order valence-electron chi connectivity index (χ1n) is 3.59. The highest BCUT2D eigenvalue weighted by molar-refractivity contribution is 9.08. The summed E-state index contributed by atoms with van der Waals surface area (Å²) in [5, 5.41) is 0.442. The molecule has 7 heteroatoms. The van der Waals surface area contributed by atoms with Crippen LogP contribution in [0.5, 0.6) is 6.01 Å². The Bertz CT molecular complexity index is 305. The van der Waals surface area contributed by atoms with Gasteiger partial charge < -0.3 is 4.74 Å². The zero-order valence-corrected chi connectivity index (χ0v) is 8.47. The lowest BCUT2D eigenvalue weighted by molar-refractivity contribution is -0.154. The number of rotatable bonds is 3. The van der Waals surface area contributed by atoms with Crippen LogP contribution in [0.1, 0.15) is 5.69 Å². The minimum atomic E-state index is -4.37. The molecule has 0 unspecified atom stereocenters. The van der Waals surface area contributed by atoms with Crippen LogP contribution in [0.2, 0.25) is 0 Å². The molecule has 0 N–H and O–H groups in total. The fourth-order valence-electron chi connectivity index (χ4n) is 0.666. The van der Waals surface area contributed by atoms with E-state index >= 15 is 0 Å². The molecule has 0 aliphatic carbocycles. The van der Waals surface area contributed by atoms with E-state index in [-0.39, 0.29) is 6.01 Å². The topological polar surface area (TPSA) is 35.0 Å². The second-order valence-corrected chi connectivity index (χ2v) is 2.93. The van der Waals surface area contributed by atoms with Gasteiger partial charge in [-0.05, 0) is 6.07 Å². The molecule has 1 aromatic rings. The van der Waals surface area contributed by atoms with E-state index in [9.17, 15) is 13.2 Å². The van der Waals surface area contributed by atoms with Gasteiger partial charge in [0.25, 0.3) is 0 Å². The van der Waals surface area contributed by atoms with Gasteiger partial charge in [0.15, 0.2) is 6.61 Å². The van der Waals surface area contributed by atoms with Crippen LogP contribution < -0.4 is 4.74 Å². The summed E-state index contributed by atoms with van der Waals surface area (Å²) in [5.41, 5.74) is 0.567. The number of hydrogen-bond acceptors (Lipinski definition) is 3. The SMILES string of the molecule is FC(F)(F)COc1nccc(CBr)n1. The molecular formula is C7H6BrF3N2O. The zero-order chi connectivity index (χ0) is 10.6. The first-order valence-corrected chi connectivity index (χ1v) is 4.71. The van der Waals surface area contributed by atoms with Crippen molar-refractivity contribution < 1.29 is 17.9 Å². The van der Waals surface area contributed by atoms with Gasteiger partial charge >= 0.3 is 12.2 Å². The van der Waals surface area contributed by atoms with Crippen LogP contribution in [-0.4, -0.2) is 22.8 Å². The molecule has 1 rings (SSSR count). The van der Waals surface area contributed by atoms with Crippen molar-refractivity contribution in [3.63, 3.8) is 0 Å². The predicted octanol–water partition coefficient (Wildman–Crippen LogP) is 2.31. The van der Waals surface area contributed by atoms with E-state index in [4.69, 9.17) is 0 Å². The molecule has 1 aromatic heterocycles. The van der Waals surface area contributed by atoms with Gasteiger partial charge in [-0.25, -0.2) is 4.98 Å². The number of nitrogens with zero attached hydrogens (tertiary/aromatic N) is 2. The van der Waals surface area contributed by atoms with E-state index in [1.54, 1.807) is 6.07 Å². The van der Waals surface area contributed by atoms with E-state index in [1.165, 1.54) is 6.20 Å². The smallest absolute Gasteiger partial charge is 0.422 e. The van der Waals surface area contributed by atoms with Crippen molar-refractivity contribution in [2.45, 2.75) is 11.5 Å². The molecule has 14 heavy (non-hydrogen) atoms. The molecule has 0 amide bonds. The van der Waals surface area contributed by atoms with Crippen LogP contribution in [0.15, 0.2) is 12.3 Å². The summed E-state index contributed by atoms with van der Waals surface area (Å²) >= 11 is 3.11. The Hall–Kier alpha value is -0.850. The summed E-state index contributed by atoms with van der Waals surface area (Å²) in [6, 6.07) is 1.31. The van der Waals surface area contributed by atoms with Gasteiger partial charge in [-0.2, -0.15) is 18.2 Å². The molecule has 0 radical (unpaired) electrons. The second-order valence-electron chi connectivity index (χ2n) is 2.37. The van der Waals surface area contributed by atoms with Crippen LogP contribution in [0, 0.1) is 0 Å². The number of halogens is 4. The quantitative estimate of drug-likeness (QED) is 0.791. The van der Waals surface area contributed by atoms with Crippen molar-refractivity contribution >= 4 is 15.9 Å². The van der Waals surface area contributed by atoms with E-state index in [0.29, 0.717) is 11.0 Å². The van der Waals surface area contributed by atoms with Crippen LogP contribution in [0.4, 0.5) is 13.2 Å². The molecule has 0 saturated heterocycles. The molecule has 0 bridgehead atoms. The highest BCUT2D eigenvalue weighted by Gasteiger charge is 2.28. The summed E-state index contributed by atoms with van der Waals surface area (Å²) in [5.74, 6) is 0. The molecule has 0 saturated carbocycles. The molecule has 0 aliphatic heterocycles. The van der Waals surface area contributed by atoms with Gasteiger partial charge in [-0.3, -0.25) is 0 Å². The lowest BCUT2D eigenvalue weighted by atomic mass is 10.5. The molecule has 0 atom stereocenters. The van der Waals surface area contributed by atoms with Crippen LogP contribution in [0.3, 0.4) is 0 Å². The summed E-state index contributed by atoms with van der Waals surface area (Å²) in [4.78, 5) is 7.25. The summed E-state index contributed by atoms with van der Waals surface area (Å²) in [6.45, 7) is -1.38. The summed E-state index contributed by atoms with van der Waals surface area (Å²) in [6.07, 6.45) is -3.02. The molecule has 0 fully saturated rings. The van der Waals surface area contributed by atoms with Crippen molar-refractivity contribution in [1.82, 2.24) is 9.97 Å². The van der Waals surface area contributed by atoms with E-state index in [1.807, 2.05) is 0 Å². The molecule has 0 aromatic carbocycles. The van der Waals surface area contributed by atoms with Gasteiger partial charge in [-0.15, -0.1) is 0 Å². The Morgan fingerprint density at radius 2 is 2.14 bits per heavy atom. The maximum absolute atomic E-state index is 11.7. The average molecular weight is 271 g/mol. The molecule has 78 valence electrons. The van der Waals surface area contributed by atoms with Crippen molar-refractivity contribution in [3.8, 4) is 6.01 Å². The van der Waals surface area contributed by atoms with Gasteiger partial charge in [0.1, 0.15) is 0 Å². The minimum Gasteiger partial charge on any atom is -0.454 e. The number of hydrogen-bond donors (Lipinski definition) is 0. The minimum absolute atomic E-state index is 0.265. The van der Waals surface area contributed by atoms with Gasteiger partial charge in [0.2, 0.25) is 0 Å². The van der Waals surface area contributed by atoms with Gasteiger partial charge in [-0.1, -0.05) is 15.9 Å². The lowest BCUT2D eigenvalue weighted by Crippen LogP contribution is -2.20. The van der Waals surface area contributed by atoms with Gasteiger partial charge in [0.05, 0.1) is 5.69 Å². The Morgan fingerprint density at radius 1 is 1.43 bits per heavy atom. The third kappa shape index (κ3) is 3.91. The fourth-order valence-corrected chi connectivity index (χ4v) is 0.979.